The summed E-state index contributed by atoms with van der Waals surface area (Å²) in [5.74, 6) is 0.495. The van der Waals surface area contributed by atoms with Crippen molar-refractivity contribution < 1.29 is 19.1 Å². The molecule has 0 heterocycles. The monoisotopic (exact) mass is 362 g/mol. The van der Waals surface area contributed by atoms with E-state index in [1.54, 1.807) is 43.3 Å². The van der Waals surface area contributed by atoms with Gasteiger partial charge in [0.25, 0.3) is 5.91 Å². The quantitative estimate of drug-likeness (QED) is 0.815. The number of ether oxygens (including phenoxy) is 2. The molecule has 0 unspecified atom stereocenters. The average Bonchev–Trinajstić information content (AvgIpc) is 2.63. The molecule has 2 rings (SSSR count). The van der Waals surface area contributed by atoms with E-state index in [1.165, 1.54) is 14.2 Å². The maximum absolute atomic E-state index is 12.5. The number of methoxy groups -OCH3 is 2. The molecule has 0 aliphatic carbocycles. The molecule has 0 aliphatic heterocycles. The summed E-state index contributed by atoms with van der Waals surface area (Å²) in [4.78, 5) is 24.0. The van der Waals surface area contributed by atoms with Crippen molar-refractivity contribution in [1.29, 1.82) is 0 Å². The Labute approximate surface area is 151 Å². The summed E-state index contributed by atoms with van der Waals surface area (Å²) in [6.45, 7) is 1.75. The predicted molar refractivity (Wildman–Crippen MR) is 97.9 cm³/mol. The molecule has 6 nitrogen and oxygen atoms in total. The Morgan fingerprint density at radius 1 is 1.00 bits per heavy atom. The summed E-state index contributed by atoms with van der Waals surface area (Å²) >= 11 is 6.14. The molecule has 0 atom stereocenters. The van der Waals surface area contributed by atoms with Crippen molar-refractivity contribution in [3.8, 4) is 11.5 Å². The van der Waals surface area contributed by atoms with Gasteiger partial charge in [0.2, 0.25) is 5.91 Å². The summed E-state index contributed by atoms with van der Waals surface area (Å²) in [5.41, 5.74) is 1.30. The Balaban J connectivity index is 2.25. The fourth-order valence-corrected chi connectivity index (χ4v) is 2.25. The molecule has 25 heavy (non-hydrogen) atoms. The van der Waals surface area contributed by atoms with Crippen molar-refractivity contribution in [1.82, 2.24) is 0 Å². The van der Waals surface area contributed by atoms with Crippen molar-refractivity contribution in [3.63, 3.8) is 0 Å². The Hall–Kier alpha value is -2.73. The Morgan fingerprint density at radius 2 is 1.64 bits per heavy atom. The molecular weight excluding hydrogens is 344 g/mol. The van der Waals surface area contributed by atoms with Crippen LogP contribution >= 0.6 is 11.6 Å². The smallest absolute Gasteiger partial charge is 0.255 e. The summed E-state index contributed by atoms with van der Waals surface area (Å²) < 4.78 is 10.3. The number of halogens is 1. The number of rotatable bonds is 6. The van der Waals surface area contributed by atoms with E-state index in [9.17, 15) is 9.59 Å². The van der Waals surface area contributed by atoms with Gasteiger partial charge in [-0.25, -0.2) is 0 Å². The van der Waals surface area contributed by atoms with Crippen LogP contribution in [0.3, 0.4) is 0 Å². The molecule has 2 N–H and O–H groups in total. The normalized spacial score (nSPS) is 10.1. The van der Waals surface area contributed by atoms with Gasteiger partial charge in [-0.2, -0.15) is 0 Å². The largest absolute Gasteiger partial charge is 0.497 e. The summed E-state index contributed by atoms with van der Waals surface area (Å²) in [7, 11) is 3.01. The molecule has 2 amide bonds. The SMILES string of the molecule is CCC(=O)Nc1ccc(Cl)c(NC(=O)c2cc(OC)cc(OC)c2)c1. The van der Waals surface area contributed by atoms with Crippen LogP contribution in [0, 0.1) is 0 Å². The zero-order chi connectivity index (χ0) is 18.4. The van der Waals surface area contributed by atoms with Crippen molar-refractivity contribution in [2.45, 2.75) is 13.3 Å². The number of benzene rings is 2. The Morgan fingerprint density at radius 3 is 2.20 bits per heavy atom. The van der Waals surface area contributed by atoms with Gasteiger partial charge in [0, 0.05) is 23.7 Å². The molecule has 0 aromatic heterocycles. The molecule has 0 fully saturated rings. The lowest BCUT2D eigenvalue weighted by molar-refractivity contribution is -0.115. The van der Waals surface area contributed by atoms with Crippen LogP contribution in [0.4, 0.5) is 11.4 Å². The minimum atomic E-state index is -0.377. The second kappa shape index (κ2) is 8.39. The second-order valence-corrected chi connectivity index (χ2v) is 5.56. The lowest BCUT2D eigenvalue weighted by Gasteiger charge is -2.12. The fourth-order valence-electron chi connectivity index (χ4n) is 2.08. The molecular formula is C18H19ClN2O4. The van der Waals surface area contributed by atoms with Crippen LogP contribution in [0.1, 0.15) is 23.7 Å². The maximum atomic E-state index is 12.5. The fraction of sp³-hybridized carbons (Fsp3) is 0.222. The van der Waals surface area contributed by atoms with E-state index in [-0.39, 0.29) is 11.8 Å². The number of hydrogen-bond acceptors (Lipinski definition) is 4. The highest BCUT2D eigenvalue weighted by Gasteiger charge is 2.13. The van der Waals surface area contributed by atoms with Gasteiger partial charge < -0.3 is 20.1 Å². The zero-order valence-electron chi connectivity index (χ0n) is 14.2. The van der Waals surface area contributed by atoms with E-state index in [4.69, 9.17) is 21.1 Å². The topological polar surface area (TPSA) is 76.7 Å². The molecule has 0 aliphatic rings. The van der Waals surface area contributed by atoms with Gasteiger partial charge in [-0.3, -0.25) is 9.59 Å². The van der Waals surface area contributed by atoms with E-state index in [0.717, 1.165) is 0 Å². The van der Waals surface area contributed by atoms with Gasteiger partial charge in [-0.15, -0.1) is 0 Å². The number of hydrogen-bond donors (Lipinski definition) is 2. The van der Waals surface area contributed by atoms with Crippen LogP contribution in [0.15, 0.2) is 36.4 Å². The number of carbonyl (C=O) groups is 2. The molecule has 7 heteroatoms. The minimum absolute atomic E-state index is 0.128. The lowest BCUT2D eigenvalue weighted by atomic mass is 10.1. The third-order valence-corrected chi connectivity index (χ3v) is 3.76. The summed E-state index contributed by atoms with van der Waals surface area (Å²) in [6.07, 6.45) is 0.355. The summed E-state index contributed by atoms with van der Waals surface area (Å²) in [6, 6.07) is 9.73. The number of anilines is 2. The first-order valence-electron chi connectivity index (χ1n) is 7.60. The predicted octanol–water partition coefficient (Wildman–Crippen LogP) is 3.96. The highest BCUT2D eigenvalue weighted by atomic mass is 35.5. The van der Waals surface area contributed by atoms with Gasteiger partial charge in [-0.05, 0) is 30.3 Å². The Kier molecular flexibility index (Phi) is 6.25. The number of carbonyl (C=O) groups excluding carboxylic acids is 2. The second-order valence-electron chi connectivity index (χ2n) is 5.15. The van der Waals surface area contributed by atoms with Gasteiger partial charge in [0.15, 0.2) is 0 Å². The number of amides is 2. The molecule has 2 aromatic carbocycles. The van der Waals surface area contributed by atoms with E-state index in [2.05, 4.69) is 10.6 Å². The van der Waals surface area contributed by atoms with E-state index in [0.29, 0.717) is 39.9 Å². The van der Waals surface area contributed by atoms with Crippen LogP contribution in [0.5, 0.6) is 11.5 Å². The third kappa shape index (κ3) is 4.87. The van der Waals surface area contributed by atoms with Gasteiger partial charge in [-0.1, -0.05) is 18.5 Å². The van der Waals surface area contributed by atoms with Crippen LogP contribution in [-0.4, -0.2) is 26.0 Å². The molecule has 0 saturated heterocycles. The van der Waals surface area contributed by atoms with Crippen LogP contribution in [0.2, 0.25) is 5.02 Å². The van der Waals surface area contributed by atoms with E-state index >= 15 is 0 Å². The van der Waals surface area contributed by atoms with Gasteiger partial charge in [0.05, 0.1) is 24.9 Å². The highest BCUT2D eigenvalue weighted by Crippen LogP contribution is 2.28. The van der Waals surface area contributed by atoms with Crippen molar-refractivity contribution in [3.05, 3.63) is 47.0 Å². The van der Waals surface area contributed by atoms with Crippen molar-refractivity contribution >= 4 is 34.8 Å². The van der Waals surface area contributed by atoms with Gasteiger partial charge in [0.1, 0.15) is 11.5 Å². The minimum Gasteiger partial charge on any atom is -0.497 e. The summed E-state index contributed by atoms with van der Waals surface area (Å²) in [5, 5.41) is 5.81. The highest BCUT2D eigenvalue weighted by molar-refractivity contribution is 6.34. The Bertz CT molecular complexity index is 770. The molecule has 0 saturated carbocycles. The first-order valence-corrected chi connectivity index (χ1v) is 7.98. The molecule has 0 radical (unpaired) electrons. The van der Waals surface area contributed by atoms with E-state index in [1.807, 2.05) is 0 Å². The van der Waals surface area contributed by atoms with Crippen LogP contribution < -0.4 is 20.1 Å². The standard InChI is InChI=1S/C18H19ClN2O4/c1-4-17(22)20-12-5-6-15(19)16(9-12)21-18(23)11-7-13(24-2)10-14(8-11)25-3/h5-10H,4H2,1-3H3,(H,20,22)(H,21,23). The molecule has 2 aromatic rings. The average molecular weight is 363 g/mol. The van der Waals surface area contributed by atoms with E-state index < -0.39 is 0 Å². The van der Waals surface area contributed by atoms with Crippen molar-refractivity contribution in [2.75, 3.05) is 24.9 Å². The first kappa shape index (κ1) is 18.6. The zero-order valence-corrected chi connectivity index (χ0v) is 14.9. The third-order valence-electron chi connectivity index (χ3n) is 3.43. The van der Waals surface area contributed by atoms with Crippen LogP contribution in [-0.2, 0) is 4.79 Å². The number of nitrogens with one attached hydrogen (secondary N) is 2. The maximum Gasteiger partial charge on any atom is 0.255 e. The lowest BCUT2D eigenvalue weighted by Crippen LogP contribution is -2.14. The molecule has 0 spiro atoms. The van der Waals surface area contributed by atoms with Crippen LogP contribution in [0.25, 0.3) is 0 Å². The van der Waals surface area contributed by atoms with Crippen molar-refractivity contribution in [2.24, 2.45) is 0 Å². The first-order chi connectivity index (χ1) is 12.0. The molecule has 132 valence electrons. The van der Waals surface area contributed by atoms with Gasteiger partial charge >= 0.3 is 0 Å². The molecule has 0 bridgehead atoms.